The van der Waals surface area contributed by atoms with Crippen molar-refractivity contribution < 1.29 is 46.3 Å². The number of carbonyl (C=O) groups is 3. The molecule has 0 saturated carbocycles. The molecule has 1 unspecified atom stereocenters. The molecule has 236 valence electrons. The zero-order chi connectivity index (χ0) is 32.9. The number of aliphatic carboxylic acids is 1. The maximum absolute atomic E-state index is 15.1. The fourth-order valence-electron chi connectivity index (χ4n) is 4.13. The van der Waals surface area contributed by atoms with E-state index in [0.29, 0.717) is 11.1 Å². The van der Waals surface area contributed by atoms with Gasteiger partial charge < -0.3 is 25.0 Å². The fraction of sp³-hybridized carbons (Fsp3) is 0.258. The van der Waals surface area contributed by atoms with Crippen molar-refractivity contribution in [2.75, 3.05) is 5.32 Å². The van der Waals surface area contributed by atoms with Crippen molar-refractivity contribution in [1.29, 1.82) is 0 Å². The van der Waals surface area contributed by atoms with Crippen LogP contribution in [-0.4, -0.2) is 44.9 Å². The summed E-state index contributed by atoms with van der Waals surface area (Å²) in [6, 6.07) is 11.7. The van der Waals surface area contributed by atoms with Crippen LogP contribution in [0.25, 0.3) is 22.8 Å². The number of alkyl halides is 3. The van der Waals surface area contributed by atoms with Gasteiger partial charge in [0.15, 0.2) is 0 Å². The van der Waals surface area contributed by atoms with Crippen LogP contribution in [0.4, 0.5) is 28.0 Å². The summed E-state index contributed by atoms with van der Waals surface area (Å²) in [6.45, 7) is 5.33. The number of halogens is 4. The van der Waals surface area contributed by atoms with Crippen molar-refractivity contribution in [3.05, 3.63) is 89.2 Å². The normalized spacial score (nSPS) is 12.3. The molecule has 3 N–H and O–H groups in total. The van der Waals surface area contributed by atoms with E-state index in [4.69, 9.17) is 9.26 Å². The Morgan fingerprint density at radius 3 is 2.18 bits per heavy atom. The average molecular weight is 629 g/mol. The lowest BCUT2D eigenvalue weighted by atomic mass is 10.0. The molecule has 14 heteroatoms. The van der Waals surface area contributed by atoms with Gasteiger partial charge in [-0.05, 0) is 80.4 Å². The summed E-state index contributed by atoms with van der Waals surface area (Å²) in [5.41, 5.74) is -0.0552. The number of carboxylic acid groups (broad SMARTS) is 1. The van der Waals surface area contributed by atoms with Gasteiger partial charge in [-0.2, -0.15) is 18.2 Å². The maximum atomic E-state index is 15.1. The molecule has 0 aliphatic rings. The van der Waals surface area contributed by atoms with Crippen LogP contribution in [0.3, 0.4) is 0 Å². The first-order chi connectivity index (χ1) is 21.1. The van der Waals surface area contributed by atoms with Gasteiger partial charge in [-0.3, -0.25) is 4.79 Å². The number of hydrogen-bond acceptors (Lipinski definition) is 7. The molecule has 4 aromatic rings. The summed E-state index contributed by atoms with van der Waals surface area (Å²) in [5.74, 6) is -2.52. The molecule has 0 fully saturated rings. The lowest BCUT2D eigenvalue weighted by molar-refractivity contribution is -0.154. The molecule has 1 aromatic heterocycles. The Labute approximate surface area is 254 Å². The van der Waals surface area contributed by atoms with Gasteiger partial charge in [0.05, 0.1) is 17.5 Å². The number of urea groups is 1. The van der Waals surface area contributed by atoms with Gasteiger partial charge >= 0.3 is 24.1 Å². The summed E-state index contributed by atoms with van der Waals surface area (Å²) >= 11 is 0. The predicted octanol–water partition coefficient (Wildman–Crippen LogP) is 6.26. The Morgan fingerprint density at radius 2 is 1.60 bits per heavy atom. The van der Waals surface area contributed by atoms with Gasteiger partial charge in [-0.15, -0.1) is 0 Å². The van der Waals surface area contributed by atoms with Crippen molar-refractivity contribution >= 4 is 23.7 Å². The number of benzene rings is 3. The standard InChI is InChI=1S/C31H28F4N4O6/c1-30(2,3)44-25(40)16-17-4-7-19(8-5-17)27-38-26(39-45-27)22-13-6-18(14-23(22)32)15-24(28(41)42)37-29(43)36-21-11-9-20(10-12-21)31(33,34)35/h4-14,24H,15-16H2,1-3H3,(H,41,42)(H2,36,37,43). The smallest absolute Gasteiger partial charge is 0.416 e. The molecule has 4 rings (SSSR count). The molecule has 10 nitrogen and oxygen atoms in total. The second kappa shape index (κ2) is 13.2. The number of nitrogens with zero attached hydrogens (tertiary/aromatic N) is 2. The number of carbonyl (C=O) groups excluding carboxylic acids is 2. The number of carboxylic acids is 1. The molecule has 0 bridgehead atoms. The minimum atomic E-state index is -4.55. The van der Waals surface area contributed by atoms with Gasteiger partial charge in [0.2, 0.25) is 5.82 Å². The predicted molar refractivity (Wildman–Crippen MR) is 153 cm³/mol. The van der Waals surface area contributed by atoms with Crippen LogP contribution < -0.4 is 10.6 Å². The van der Waals surface area contributed by atoms with E-state index >= 15 is 4.39 Å². The fourth-order valence-corrected chi connectivity index (χ4v) is 4.13. The van der Waals surface area contributed by atoms with Gasteiger partial charge in [-0.25, -0.2) is 14.0 Å². The van der Waals surface area contributed by atoms with Crippen LogP contribution in [0.15, 0.2) is 71.3 Å². The Bertz CT molecular complexity index is 1680. The van der Waals surface area contributed by atoms with Gasteiger partial charge in [0.25, 0.3) is 5.89 Å². The highest BCUT2D eigenvalue weighted by atomic mass is 19.4. The Balaban J connectivity index is 1.39. The Kier molecular flexibility index (Phi) is 9.54. The largest absolute Gasteiger partial charge is 0.480 e. The van der Waals surface area contributed by atoms with E-state index in [1.165, 1.54) is 12.1 Å². The van der Waals surface area contributed by atoms with Gasteiger partial charge in [0, 0.05) is 17.7 Å². The summed E-state index contributed by atoms with van der Waals surface area (Å²) in [6.07, 6.45) is -4.78. The third-order valence-electron chi connectivity index (χ3n) is 6.18. The monoisotopic (exact) mass is 628 g/mol. The first kappa shape index (κ1) is 32.6. The molecule has 2 amide bonds. The molecule has 0 saturated heterocycles. The van der Waals surface area contributed by atoms with E-state index < -0.39 is 41.2 Å². The minimum Gasteiger partial charge on any atom is -0.480 e. The first-order valence-electron chi connectivity index (χ1n) is 13.5. The molecule has 0 radical (unpaired) electrons. The molecule has 3 aromatic carbocycles. The third-order valence-corrected chi connectivity index (χ3v) is 6.18. The van der Waals surface area contributed by atoms with Crippen molar-refractivity contribution in [3.8, 4) is 22.8 Å². The molecule has 0 spiro atoms. The first-order valence-corrected chi connectivity index (χ1v) is 13.5. The molecule has 1 heterocycles. The lowest BCUT2D eigenvalue weighted by Crippen LogP contribution is -2.44. The number of anilines is 1. The van der Waals surface area contributed by atoms with Crippen molar-refractivity contribution in [2.24, 2.45) is 0 Å². The quantitative estimate of drug-likeness (QED) is 0.146. The van der Waals surface area contributed by atoms with Crippen LogP contribution in [0, 0.1) is 5.82 Å². The highest BCUT2D eigenvalue weighted by molar-refractivity contribution is 5.92. The second-order valence-electron chi connectivity index (χ2n) is 11.0. The minimum absolute atomic E-state index is 0.0104. The third kappa shape index (κ3) is 9.11. The highest BCUT2D eigenvalue weighted by Crippen LogP contribution is 2.30. The highest BCUT2D eigenvalue weighted by Gasteiger charge is 2.30. The summed E-state index contributed by atoms with van der Waals surface area (Å²) in [7, 11) is 0. The zero-order valence-corrected chi connectivity index (χ0v) is 24.2. The molecular formula is C31H28F4N4O6. The lowest BCUT2D eigenvalue weighted by Gasteiger charge is -2.19. The van der Waals surface area contributed by atoms with Gasteiger partial charge in [0.1, 0.15) is 17.5 Å². The van der Waals surface area contributed by atoms with Crippen LogP contribution in [0.1, 0.15) is 37.5 Å². The van der Waals surface area contributed by atoms with Crippen LogP contribution >= 0.6 is 0 Å². The number of nitrogens with one attached hydrogen (secondary N) is 2. The SMILES string of the molecule is CC(C)(C)OC(=O)Cc1ccc(-c2nc(-c3ccc(CC(NC(=O)Nc4ccc(C(F)(F)F)cc4)C(=O)O)cc3F)no2)cc1. The number of hydrogen-bond donors (Lipinski definition) is 3. The zero-order valence-electron chi connectivity index (χ0n) is 24.2. The van der Waals surface area contributed by atoms with E-state index in [-0.39, 0.29) is 47.3 Å². The molecule has 0 aliphatic carbocycles. The van der Waals surface area contributed by atoms with Gasteiger partial charge in [-0.1, -0.05) is 23.4 Å². The van der Waals surface area contributed by atoms with Crippen LogP contribution in [0.5, 0.6) is 0 Å². The number of aromatic nitrogens is 2. The second-order valence-corrected chi connectivity index (χ2v) is 11.0. The summed E-state index contributed by atoms with van der Waals surface area (Å²) < 4.78 is 63.9. The van der Waals surface area contributed by atoms with Crippen molar-refractivity contribution in [1.82, 2.24) is 15.5 Å². The van der Waals surface area contributed by atoms with Crippen LogP contribution in [0.2, 0.25) is 0 Å². The Morgan fingerprint density at radius 1 is 0.956 bits per heavy atom. The number of amides is 2. The molecule has 1 atom stereocenters. The summed E-state index contributed by atoms with van der Waals surface area (Å²) in [5, 5.41) is 17.9. The van der Waals surface area contributed by atoms with E-state index in [0.717, 1.165) is 30.3 Å². The van der Waals surface area contributed by atoms with E-state index in [9.17, 15) is 32.7 Å². The maximum Gasteiger partial charge on any atom is 0.416 e. The molecule has 0 aliphatic heterocycles. The number of ether oxygens (including phenoxy) is 1. The number of esters is 1. The van der Waals surface area contributed by atoms with Crippen molar-refractivity contribution in [2.45, 2.75) is 51.4 Å². The van der Waals surface area contributed by atoms with E-state index in [1.807, 2.05) is 0 Å². The topological polar surface area (TPSA) is 144 Å². The summed E-state index contributed by atoms with van der Waals surface area (Å²) in [4.78, 5) is 40.4. The molecular weight excluding hydrogens is 600 g/mol. The number of rotatable bonds is 9. The van der Waals surface area contributed by atoms with E-state index in [2.05, 4.69) is 20.8 Å². The Hall–Kier alpha value is -5.27. The molecule has 45 heavy (non-hydrogen) atoms. The van der Waals surface area contributed by atoms with Crippen molar-refractivity contribution in [3.63, 3.8) is 0 Å². The average Bonchev–Trinajstić information content (AvgIpc) is 3.42. The van der Waals surface area contributed by atoms with E-state index in [1.54, 1.807) is 45.0 Å². The van der Waals surface area contributed by atoms with Crippen LogP contribution in [-0.2, 0) is 33.3 Å².